The zero-order valence-corrected chi connectivity index (χ0v) is 28.7. The Morgan fingerprint density at radius 2 is 1.74 bits per heavy atom. The van der Waals surface area contributed by atoms with Crippen molar-refractivity contribution in [3.63, 3.8) is 0 Å². The van der Waals surface area contributed by atoms with E-state index in [0.717, 1.165) is 18.4 Å². The molecule has 0 radical (unpaired) electrons. The largest absolute Gasteiger partial charge is 0.506 e. The second-order valence-corrected chi connectivity index (χ2v) is 15.5. The molecule has 8 heteroatoms. The first-order valence-corrected chi connectivity index (χ1v) is 16.8. The van der Waals surface area contributed by atoms with Gasteiger partial charge in [-0.1, -0.05) is 35.5 Å². The zero-order chi connectivity index (χ0) is 33.8. The molecule has 2 N–H and O–H groups in total. The SMILES string of the molecule is CC(C)=CCCC1(C)C=Cc2c(O)c3c(c(CC=C(C)C)c2O1)OC12C(=CC4CC1C(C)(C)OC2(C/C=C(/C)C(=O)O)C1OC41)C3=O. The van der Waals surface area contributed by atoms with Gasteiger partial charge in [0.05, 0.1) is 17.3 Å². The minimum absolute atomic E-state index is 0.0218. The van der Waals surface area contributed by atoms with Gasteiger partial charge in [-0.05, 0) is 93.2 Å². The van der Waals surface area contributed by atoms with E-state index in [4.69, 9.17) is 18.9 Å². The Morgan fingerprint density at radius 3 is 2.43 bits per heavy atom. The van der Waals surface area contributed by atoms with Gasteiger partial charge in [0.2, 0.25) is 0 Å². The van der Waals surface area contributed by atoms with Gasteiger partial charge in [0.25, 0.3) is 0 Å². The number of Topliss-reactive ketones (excluding diaryl/α,β-unsaturated/α-hetero) is 1. The van der Waals surface area contributed by atoms with Gasteiger partial charge in [-0.3, -0.25) is 4.79 Å². The monoisotopic (exact) mass is 642 g/mol. The highest BCUT2D eigenvalue weighted by atomic mass is 16.7. The number of allylic oxidation sites excluding steroid dienone is 4. The second kappa shape index (κ2) is 10.4. The first kappa shape index (κ1) is 32.0. The molecule has 3 aliphatic carbocycles. The van der Waals surface area contributed by atoms with Crippen LogP contribution in [-0.4, -0.2) is 56.6 Å². The molecule has 7 atom stereocenters. The van der Waals surface area contributed by atoms with Crippen LogP contribution >= 0.6 is 0 Å². The van der Waals surface area contributed by atoms with E-state index < -0.39 is 28.4 Å². The topological polar surface area (TPSA) is 115 Å². The molecule has 8 rings (SSSR count). The fourth-order valence-corrected chi connectivity index (χ4v) is 8.88. The molecule has 4 heterocycles. The number of fused-ring (bicyclic) bond motifs is 2. The van der Waals surface area contributed by atoms with Gasteiger partial charge in [-0.15, -0.1) is 0 Å². The number of ketones is 1. The molecule has 8 nitrogen and oxygen atoms in total. The highest BCUT2D eigenvalue weighted by Crippen LogP contribution is 2.71. The van der Waals surface area contributed by atoms with E-state index in [1.165, 1.54) is 5.57 Å². The van der Waals surface area contributed by atoms with E-state index in [-0.39, 0.29) is 53.1 Å². The molecule has 7 aliphatic rings. The highest BCUT2D eigenvalue weighted by Gasteiger charge is 2.83. The average Bonchev–Trinajstić information content (AvgIpc) is 3.77. The van der Waals surface area contributed by atoms with Crippen LogP contribution < -0.4 is 9.47 Å². The van der Waals surface area contributed by atoms with Crippen LogP contribution in [0.2, 0.25) is 0 Å². The number of hydrogen-bond acceptors (Lipinski definition) is 7. The number of rotatable bonds is 8. The van der Waals surface area contributed by atoms with E-state index >= 15 is 0 Å². The first-order chi connectivity index (χ1) is 22.0. The Labute approximate surface area is 276 Å². The Morgan fingerprint density at radius 1 is 1.02 bits per heavy atom. The maximum absolute atomic E-state index is 15.0. The Bertz CT molecular complexity index is 1750. The maximum atomic E-state index is 15.0. The third kappa shape index (κ3) is 4.54. The summed E-state index contributed by atoms with van der Waals surface area (Å²) in [5.74, 6) is -0.860. The van der Waals surface area contributed by atoms with E-state index in [9.17, 15) is 19.8 Å². The normalized spacial score (nSPS) is 34.9. The highest BCUT2D eigenvalue weighted by molar-refractivity contribution is 6.16. The summed E-state index contributed by atoms with van der Waals surface area (Å²) in [6.07, 6.45) is 14.1. The molecular formula is C39H46O8. The standard InChI is InChI=1S/C39H46O8/c1-20(2)10-9-15-37(8)16-14-24-29(40)28-30(41)26-18-23-19-27-36(6,7)47-38(34-31(23)44-34,17-13-22(5)35(42)43)39(26,27)46-33(28)25(32(24)45-37)12-11-21(3)4/h10-11,13-14,16,18,23,27,31,34,40H,9,12,15,17,19H2,1-8H3,(H,42,43)/b22-13-. The second-order valence-electron chi connectivity index (χ2n) is 15.5. The van der Waals surface area contributed by atoms with Crippen molar-refractivity contribution in [1.29, 1.82) is 0 Å². The third-order valence-corrected chi connectivity index (χ3v) is 11.2. The summed E-state index contributed by atoms with van der Waals surface area (Å²) in [6.45, 7) is 15.9. The van der Waals surface area contributed by atoms with Crippen LogP contribution in [0.4, 0.5) is 0 Å². The zero-order valence-electron chi connectivity index (χ0n) is 28.7. The van der Waals surface area contributed by atoms with Gasteiger partial charge in [-0.2, -0.15) is 0 Å². The van der Waals surface area contributed by atoms with E-state index in [1.807, 2.05) is 52.8 Å². The van der Waals surface area contributed by atoms with Crippen LogP contribution in [0.15, 0.2) is 52.7 Å². The molecular weight excluding hydrogens is 596 g/mol. The van der Waals surface area contributed by atoms with Crippen LogP contribution in [0.3, 0.4) is 0 Å². The van der Waals surface area contributed by atoms with Crippen molar-refractivity contribution in [3.8, 4) is 17.2 Å². The molecule has 0 aromatic heterocycles. The summed E-state index contributed by atoms with van der Waals surface area (Å²) in [5.41, 5.74) is 0.555. The van der Waals surface area contributed by atoms with Gasteiger partial charge < -0.3 is 29.2 Å². The predicted molar refractivity (Wildman–Crippen MR) is 178 cm³/mol. The Balaban J connectivity index is 1.45. The number of aromatic hydroxyl groups is 1. The Hall–Kier alpha value is -3.62. The number of ether oxygens (including phenoxy) is 4. The van der Waals surface area contributed by atoms with Gasteiger partial charge in [-0.25, -0.2) is 4.79 Å². The summed E-state index contributed by atoms with van der Waals surface area (Å²) >= 11 is 0. The fourth-order valence-electron chi connectivity index (χ4n) is 8.88. The molecule has 4 aliphatic heterocycles. The lowest BCUT2D eigenvalue weighted by molar-refractivity contribution is -0.140. The van der Waals surface area contributed by atoms with Gasteiger partial charge in [0, 0.05) is 35.0 Å². The number of carboxylic acid groups (broad SMARTS) is 1. The Kier molecular flexibility index (Phi) is 7.10. The number of carboxylic acids is 1. The molecule has 1 spiro atoms. The molecule has 2 saturated heterocycles. The van der Waals surface area contributed by atoms with Crippen molar-refractivity contribution < 1.29 is 38.7 Å². The minimum Gasteiger partial charge on any atom is -0.506 e. The average molecular weight is 643 g/mol. The first-order valence-electron chi connectivity index (χ1n) is 16.8. The van der Waals surface area contributed by atoms with Gasteiger partial charge >= 0.3 is 5.97 Å². The van der Waals surface area contributed by atoms with Crippen LogP contribution in [0.5, 0.6) is 17.2 Å². The number of phenols is 1. The summed E-state index contributed by atoms with van der Waals surface area (Å²) in [5, 5.41) is 21.7. The lowest BCUT2D eigenvalue weighted by Crippen LogP contribution is -2.65. The molecule has 3 fully saturated rings. The smallest absolute Gasteiger partial charge is 0.330 e. The lowest BCUT2D eigenvalue weighted by Gasteiger charge is -2.51. The summed E-state index contributed by atoms with van der Waals surface area (Å²) in [4.78, 5) is 26.9. The summed E-state index contributed by atoms with van der Waals surface area (Å²) in [7, 11) is 0. The van der Waals surface area contributed by atoms with E-state index in [0.29, 0.717) is 41.0 Å². The third-order valence-electron chi connectivity index (χ3n) is 11.2. The minimum atomic E-state index is -1.26. The van der Waals surface area contributed by atoms with Crippen LogP contribution in [-0.2, 0) is 20.7 Å². The van der Waals surface area contributed by atoms with Gasteiger partial charge in [0.1, 0.15) is 40.1 Å². The molecule has 47 heavy (non-hydrogen) atoms. The van der Waals surface area contributed by atoms with Crippen LogP contribution in [0.25, 0.3) is 6.08 Å². The molecule has 0 amide bonds. The van der Waals surface area contributed by atoms with Crippen molar-refractivity contribution in [3.05, 3.63) is 69.4 Å². The maximum Gasteiger partial charge on any atom is 0.330 e. The number of benzene rings is 1. The van der Waals surface area contributed by atoms with Crippen molar-refractivity contribution >= 4 is 17.8 Å². The summed E-state index contributed by atoms with van der Waals surface area (Å²) in [6, 6.07) is 0. The number of carbonyl (C=O) groups is 2. The van der Waals surface area contributed by atoms with Crippen molar-refractivity contribution in [2.24, 2.45) is 11.8 Å². The van der Waals surface area contributed by atoms with Crippen molar-refractivity contribution in [2.45, 2.75) is 122 Å². The quantitative estimate of drug-likeness (QED) is 0.171. The number of phenolic OH excluding ortho intramolecular Hbond substituents is 1. The van der Waals surface area contributed by atoms with Crippen molar-refractivity contribution in [2.75, 3.05) is 0 Å². The van der Waals surface area contributed by atoms with Gasteiger partial charge in [0.15, 0.2) is 11.4 Å². The molecule has 1 saturated carbocycles. The van der Waals surface area contributed by atoms with Crippen molar-refractivity contribution in [1.82, 2.24) is 0 Å². The summed E-state index contributed by atoms with van der Waals surface area (Å²) < 4.78 is 27.6. The van der Waals surface area contributed by atoms with Crippen LogP contribution in [0.1, 0.15) is 103 Å². The molecule has 250 valence electrons. The number of epoxide rings is 1. The fraction of sp³-hybridized carbons (Fsp3) is 0.538. The van der Waals surface area contributed by atoms with E-state index in [2.05, 4.69) is 26.0 Å². The number of aliphatic carboxylic acids is 1. The molecule has 4 bridgehead atoms. The molecule has 7 unspecified atom stereocenters. The lowest BCUT2D eigenvalue weighted by atomic mass is 9.60. The van der Waals surface area contributed by atoms with Crippen LogP contribution in [0, 0.1) is 11.8 Å². The van der Waals surface area contributed by atoms with E-state index in [1.54, 1.807) is 13.0 Å². The number of hydrogen-bond donors (Lipinski definition) is 2. The molecule has 1 aromatic carbocycles. The number of carbonyl (C=O) groups excluding carboxylic acids is 1. The predicted octanol–water partition coefficient (Wildman–Crippen LogP) is 7.44. The molecule has 1 aromatic rings.